The predicted octanol–water partition coefficient (Wildman–Crippen LogP) is 2.95. The number of para-hydroxylation sites is 1. The quantitative estimate of drug-likeness (QED) is 0.217. The summed E-state index contributed by atoms with van der Waals surface area (Å²) in [4.78, 5) is 41.5. The molecule has 0 fully saturated rings. The summed E-state index contributed by atoms with van der Waals surface area (Å²) in [6.45, 7) is 2.46. The number of carbonyl (C=O) groups excluding carboxylic acids is 2. The van der Waals surface area contributed by atoms with Crippen LogP contribution in [0.3, 0.4) is 0 Å². The van der Waals surface area contributed by atoms with E-state index in [1.54, 1.807) is 56.5 Å². The molecule has 168 valence electrons. The first kappa shape index (κ1) is 23.3. The van der Waals surface area contributed by atoms with Crippen LogP contribution in [0.1, 0.15) is 19.8 Å². The summed E-state index contributed by atoms with van der Waals surface area (Å²) in [5.74, 6) is 0.198. The van der Waals surface area contributed by atoms with Crippen molar-refractivity contribution in [2.24, 2.45) is 0 Å². The zero-order chi connectivity index (χ0) is 22.9. The molecule has 32 heavy (non-hydrogen) atoms. The van der Waals surface area contributed by atoms with Gasteiger partial charge in [0.15, 0.2) is 5.16 Å². The van der Waals surface area contributed by atoms with Crippen LogP contribution in [0.4, 0.5) is 0 Å². The minimum atomic E-state index is -0.279. The van der Waals surface area contributed by atoms with Crippen LogP contribution in [0.5, 0.6) is 5.75 Å². The van der Waals surface area contributed by atoms with Gasteiger partial charge in [-0.15, -0.1) is 0 Å². The number of hydrogen-bond acceptors (Lipinski definition) is 7. The third kappa shape index (κ3) is 5.88. The Morgan fingerprint density at radius 2 is 1.97 bits per heavy atom. The third-order valence-electron chi connectivity index (χ3n) is 4.57. The van der Waals surface area contributed by atoms with Gasteiger partial charge in [-0.2, -0.15) is 0 Å². The minimum Gasteiger partial charge on any atom is -0.497 e. The Labute approximate surface area is 189 Å². The number of methoxy groups -OCH3 is 1. The number of hydrogen-bond donors (Lipinski definition) is 1. The van der Waals surface area contributed by atoms with Crippen molar-refractivity contribution in [3.8, 4) is 11.4 Å². The SMILES string of the molecule is CCOC(=O)CCCNC(=O)CSc1nc2ccccc2c(=O)n1-c1cccc(OC)c1. The third-order valence-corrected chi connectivity index (χ3v) is 5.51. The highest BCUT2D eigenvalue weighted by Gasteiger charge is 2.15. The number of ether oxygens (including phenoxy) is 2. The van der Waals surface area contributed by atoms with Crippen LogP contribution in [0.25, 0.3) is 16.6 Å². The molecule has 0 aliphatic rings. The smallest absolute Gasteiger partial charge is 0.305 e. The van der Waals surface area contributed by atoms with Gasteiger partial charge in [-0.05, 0) is 37.6 Å². The van der Waals surface area contributed by atoms with Gasteiger partial charge in [0.2, 0.25) is 5.91 Å². The second kappa shape index (κ2) is 11.3. The van der Waals surface area contributed by atoms with E-state index in [4.69, 9.17) is 9.47 Å². The minimum absolute atomic E-state index is 0.0775. The van der Waals surface area contributed by atoms with E-state index >= 15 is 0 Å². The van der Waals surface area contributed by atoms with Gasteiger partial charge in [-0.25, -0.2) is 4.98 Å². The Hall–Kier alpha value is -3.33. The lowest BCUT2D eigenvalue weighted by molar-refractivity contribution is -0.143. The summed E-state index contributed by atoms with van der Waals surface area (Å²) in [7, 11) is 1.56. The standard InChI is InChI=1S/C23H25N3O5S/c1-3-31-21(28)12-7-13-24-20(27)15-32-23-25-19-11-5-4-10-18(19)22(29)26(23)16-8-6-9-17(14-16)30-2/h4-6,8-11,14H,3,7,12-13,15H2,1-2H3,(H,24,27). The van der Waals surface area contributed by atoms with E-state index in [9.17, 15) is 14.4 Å². The van der Waals surface area contributed by atoms with Gasteiger partial charge in [0.1, 0.15) is 5.75 Å². The molecule has 0 unspecified atom stereocenters. The number of nitrogens with zero attached hydrogens (tertiary/aromatic N) is 2. The number of esters is 1. The molecule has 0 spiro atoms. The molecular formula is C23H25N3O5S. The molecule has 8 nitrogen and oxygen atoms in total. The van der Waals surface area contributed by atoms with Crippen molar-refractivity contribution in [3.05, 3.63) is 58.9 Å². The second-order valence-electron chi connectivity index (χ2n) is 6.80. The van der Waals surface area contributed by atoms with E-state index in [1.165, 1.54) is 16.3 Å². The molecule has 0 saturated heterocycles. The van der Waals surface area contributed by atoms with Crippen LogP contribution >= 0.6 is 11.8 Å². The lowest BCUT2D eigenvalue weighted by Gasteiger charge is -2.14. The van der Waals surface area contributed by atoms with Crippen molar-refractivity contribution in [1.29, 1.82) is 0 Å². The number of thioether (sulfide) groups is 1. The lowest BCUT2D eigenvalue weighted by Crippen LogP contribution is -2.27. The maximum absolute atomic E-state index is 13.2. The second-order valence-corrected chi connectivity index (χ2v) is 7.74. The summed E-state index contributed by atoms with van der Waals surface area (Å²) in [5.41, 5.74) is 0.945. The number of benzene rings is 2. The highest BCUT2D eigenvalue weighted by molar-refractivity contribution is 7.99. The van der Waals surface area contributed by atoms with Crippen molar-refractivity contribution in [1.82, 2.24) is 14.9 Å². The lowest BCUT2D eigenvalue weighted by atomic mass is 10.2. The average molecular weight is 456 g/mol. The van der Waals surface area contributed by atoms with E-state index in [0.717, 1.165) is 0 Å². The van der Waals surface area contributed by atoms with Gasteiger partial charge < -0.3 is 14.8 Å². The monoisotopic (exact) mass is 455 g/mol. The molecule has 3 rings (SSSR count). The molecule has 2 aromatic carbocycles. The van der Waals surface area contributed by atoms with Gasteiger partial charge in [0.05, 0.1) is 36.1 Å². The van der Waals surface area contributed by atoms with Gasteiger partial charge >= 0.3 is 5.97 Å². The first-order valence-corrected chi connectivity index (χ1v) is 11.2. The zero-order valence-corrected chi connectivity index (χ0v) is 18.8. The Morgan fingerprint density at radius 3 is 2.75 bits per heavy atom. The van der Waals surface area contributed by atoms with Gasteiger partial charge in [0.25, 0.3) is 5.56 Å². The van der Waals surface area contributed by atoms with Crippen LogP contribution in [-0.4, -0.2) is 47.4 Å². The van der Waals surface area contributed by atoms with Gasteiger partial charge in [-0.1, -0.05) is 30.0 Å². The predicted molar refractivity (Wildman–Crippen MR) is 123 cm³/mol. The number of fused-ring (bicyclic) bond motifs is 1. The fourth-order valence-electron chi connectivity index (χ4n) is 3.06. The Bertz CT molecular complexity index is 1160. The van der Waals surface area contributed by atoms with Crippen LogP contribution in [-0.2, 0) is 14.3 Å². The molecule has 1 heterocycles. The van der Waals surface area contributed by atoms with Crippen molar-refractivity contribution >= 4 is 34.5 Å². The molecule has 0 saturated carbocycles. The molecule has 0 bridgehead atoms. The molecule has 1 aromatic heterocycles. The van der Waals surface area contributed by atoms with E-state index < -0.39 is 0 Å². The molecule has 0 aliphatic heterocycles. The highest BCUT2D eigenvalue weighted by atomic mass is 32.2. The fraction of sp³-hybridized carbons (Fsp3) is 0.304. The first-order valence-electron chi connectivity index (χ1n) is 10.2. The number of nitrogens with one attached hydrogen (secondary N) is 1. The van der Waals surface area contributed by atoms with E-state index in [2.05, 4.69) is 10.3 Å². The Balaban J connectivity index is 1.77. The largest absolute Gasteiger partial charge is 0.497 e. The first-order chi connectivity index (χ1) is 15.5. The normalized spacial score (nSPS) is 10.7. The molecule has 0 radical (unpaired) electrons. The topological polar surface area (TPSA) is 99.5 Å². The number of aromatic nitrogens is 2. The van der Waals surface area contributed by atoms with Gasteiger partial charge in [0, 0.05) is 19.0 Å². The van der Waals surface area contributed by atoms with E-state index in [-0.39, 0.29) is 29.6 Å². The van der Waals surface area contributed by atoms with E-state index in [1.807, 2.05) is 6.07 Å². The summed E-state index contributed by atoms with van der Waals surface area (Å²) < 4.78 is 11.6. The van der Waals surface area contributed by atoms with Crippen LogP contribution < -0.4 is 15.6 Å². The summed E-state index contributed by atoms with van der Waals surface area (Å²) >= 11 is 1.17. The van der Waals surface area contributed by atoms with Crippen molar-refractivity contribution in [2.45, 2.75) is 24.9 Å². The van der Waals surface area contributed by atoms with Crippen molar-refractivity contribution in [3.63, 3.8) is 0 Å². The molecular weight excluding hydrogens is 430 g/mol. The summed E-state index contributed by atoms with van der Waals surface area (Å²) in [6, 6.07) is 14.2. The maximum Gasteiger partial charge on any atom is 0.305 e. The molecule has 0 atom stereocenters. The van der Waals surface area contributed by atoms with Gasteiger partial charge in [-0.3, -0.25) is 19.0 Å². The molecule has 3 aromatic rings. The van der Waals surface area contributed by atoms with Crippen LogP contribution in [0, 0.1) is 0 Å². The van der Waals surface area contributed by atoms with Crippen molar-refractivity contribution < 1.29 is 19.1 Å². The Morgan fingerprint density at radius 1 is 1.16 bits per heavy atom. The van der Waals surface area contributed by atoms with Crippen LogP contribution in [0.15, 0.2) is 58.5 Å². The Kier molecular flexibility index (Phi) is 8.27. The number of amides is 1. The van der Waals surface area contributed by atoms with Crippen LogP contribution in [0.2, 0.25) is 0 Å². The molecule has 1 N–H and O–H groups in total. The molecule has 0 aliphatic carbocycles. The zero-order valence-electron chi connectivity index (χ0n) is 18.0. The molecule has 9 heteroatoms. The number of carbonyl (C=O) groups is 2. The van der Waals surface area contributed by atoms with E-state index in [0.29, 0.717) is 47.1 Å². The molecule has 1 amide bonds. The maximum atomic E-state index is 13.2. The van der Waals surface area contributed by atoms with Crippen molar-refractivity contribution in [2.75, 3.05) is 26.0 Å². The summed E-state index contributed by atoms with van der Waals surface area (Å²) in [6.07, 6.45) is 0.751. The fourth-order valence-corrected chi connectivity index (χ4v) is 3.90. The summed E-state index contributed by atoms with van der Waals surface area (Å²) in [5, 5.41) is 3.67. The average Bonchev–Trinajstić information content (AvgIpc) is 2.81. The number of rotatable bonds is 10. The highest BCUT2D eigenvalue weighted by Crippen LogP contribution is 2.23.